The molecule has 0 amide bonds. The fourth-order valence-electron chi connectivity index (χ4n) is 3.90. The maximum Gasteiger partial charge on any atom is 0.0973 e. The predicted octanol–water partition coefficient (Wildman–Crippen LogP) is 1.69. The average Bonchev–Trinajstić information content (AvgIpc) is 3.17. The van der Waals surface area contributed by atoms with E-state index in [9.17, 15) is 0 Å². The SMILES string of the molecule is CCn1[nH]c2cnnc3ccc4c(c1-c32)CN(C1CCOCC1)N=4. The van der Waals surface area contributed by atoms with Crippen molar-refractivity contribution in [3.63, 3.8) is 0 Å². The van der Waals surface area contributed by atoms with Crippen molar-refractivity contribution in [1.82, 2.24) is 25.0 Å². The maximum absolute atomic E-state index is 5.49. The van der Waals surface area contributed by atoms with Crippen LogP contribution >= 0.6 is 0 Å². The van der Waals surface area contributed by atoms with Gasteiger partial charge in [0.2, 0.25) is 0 Å². The van der Waals surface area contributed by atoms with E-state index in [1.807, 2.05) is 6.07 Å². The molecule has 1 aromatic heterocycles. The number of aromatic amines is 1. The first-order chi connectivity index (χ1) is 11.8. The number of aryl methyl sites for hydroxylation is 1. The van der Waals surface area contributed by atoms with Crippen LogP contribution in [0.5, 0.6) is 0 Å². The Morgan fingerprint density at radius 3 is 3.00 bits per heavy atom. The summed E-state index contributed by atoms with van der Waals surface area (Å²) in [6, 6.07) is 4.59. The van der Waals surface area contributed by atoms with E-state index in [4.69, 9.17) is 9.84 Å². The smallest absolute Gasteiger partial charge is 0.0973 e. The lowest BCUT2D eigenvalue weighted by molar-refractivity contribution is 0.0337. The highest BCUT2D eigenvalue weighted by Crippen LogP contribution is 2.33. The molecular formula is C17H20N6O. The molecule has 0 spiro atoms. The second-order valence-electron chi connectivity index (χ2n) is 6.46. The Hall–Kier alpha value is -2.41. The van der Waals surface area contributed by atoms with Crippen LogP contribution in [0.4, 0.5) is 0 Å². The van der Waals surface area contributed by atoms with Crippen LogP contribution in [0.1, 0.15) is 25.3 Å². The van der Waals surface area contributed by atoms with E-state index in [1.165, 1.54) is 11.3 Å². The van der Waals surface area contributed by atoms with Crippen LogP contribution in [0.2, 0.25) is 0 Å². The Labute approximate surface area is 139 Å². The van der Waals surface area contributed by atoms with Crippen LogP contribution in [-0.2, 0) is 17.8 Å². The van der Waals surface area contributed by atoms with Gasteiger partial charge in [0, 0.05) is 25.3 Å². The molecule has 0 saturated carbocycles. The zero-order chi connectivity index (χ0) is 16.1. The Morgan fingerprint density at radius 2 is 2.17 bits per heavy atom. The molecule has 0 bridgehead atoms. The molecule has 4 aliphatic rings. The van der Waals surface area contributed by atoms with E-state index in [0.29, 0.717) is 6.04 Å². The quantitative estimate of drug-likeness (QED) is 0.779. The second kappa shape index (κ2) is 5.31. The standard InChI is InChI=1S/C17H20N6O/c1-2-22-17-12-10-23(11-5-7-24-8-6-11)20-13(12)3-4-14-16(17)15(21-22)9-18-19-14/h3-4,9,11,21H,2,5-8,10H2,1H3. The Kier molecular flexibility index (Phi) is 3.09. The van der Waals surface area contributed by atoms with Gasteiger partial charge in [-0.05, 0) is 31.9 Å². The number of rotatable bonds is 2. The Bertz CT molecular complexity index is 936. The lowest BCUT2D eigenvalue weighted by Gasteiger charge is -2.29. The minimum atomic E-state index is 0.471. The molecule has 5 rings (SSSR count). The topological polar surface area (TPSA) is 71.3 Å². The van der Waals surface area contributed by atoms with Crippen molar-refractivity contribution in [2.45, 2.75) is 38.9 Å². The van der Waals surface area contributed by atoms with Crippen LogP contribution < -0.4 is 5.36 Å². The van der Waals surface area contributed by atoms with E-state index >= 15 is 0 Å². The van der Waals surface area contributed by atoms with Gasteiger partial charge in [-0.2, -0.15) is 15.3 Å². The fourth-order valence-corrected chi connectivity index (χ4v) is 3.90. The zero-order valence-electron chi connectivity index (χ0n) is 13.7. The van der Waals surface area contributed by atoms with Gasteiger partial charge in [0.25, 0.3) is 0 Å². The molecule has 1 aliphatic carbocycles. The van der Waals surface area contributed by atoms with Crippen LogP contribution in [0.3, 0.4) is 0 Å². The average molecular weight is 324 g/mol. The summed E-state index contributed by atoms with van der Waals surface area (Å²) in [5.41, 5.74) is 5.57. The number of fused-ring (bicyclic) bond motifs is 2. The summed E-state index contributed by atoms with van der Waals surface area (Å²) >= 11 is 0. The highest BCUT2D eigenvalue weighted by Gasteiger charge is 2.28. The summed E-state index contributed by atoms with van der Waals surface area (Å²) in [6.45, 7) is 5.53. The number of nitrogens with zero attached hydrogens (tertiary/aromatic N) is 5. The van der Waals surface area contributed by atoms with Crippen molar-refractivity contribution in [2.24, 2.45) is 5.10 Å². The Balaban J connectivity index is 1.69. The van der Waals surface area contributed by atoms with Gasteiger partial charge in [0.15, 0.2) is 0 Å². The number of hydrogen-bond donors (Lipinski definition) is 1. The largest absolute Gasteiger partial charge is 0.381 e. The van der Waals surface area contributed by atoms with Gasteiger partial charge in [0.05, 0.1) is 46.4 Å². The van der Waals surface area contributed by atoms with Crippen molar-refractivity contribution in [3.05, 3.63) is 29.3 Å². The van der Waals surface area contributed by atoms with Gasteiger partial charge in [0.1, 0.15) is 0 Å². The van der Waals surface area contributed by atoms with E-state index in [1.54, 1.807) is 6.20 Å². The van der Waals surface area contributed by atoms with Gasteiger partial charge < -0.3 is 4.74 Å². The predicted molar refractivity (Wildman–Crippen MR) is 89.1 cm³/mol. The van der Waals surface area contributed by atoms with Gasteiger partial charge in [-0.25, -0.2) is 0 Å². The van der Waals surface area contributed by atoms with E-state index in [0.717, 1.165) is 61.1 Å². The first-order valence-corrected chi connectivity index (χ1v) is 8.60. The number of hydrogen-bond acceptors (Lipinski definition) is 5. The molecule has 24 heavy (non-hydrogen) atoms. The summed E-state index contributed by atoms with van der Waals surface area (Å²) in [5, 5.41) is 20.1. The first kappa shape index (κ1) is 14.0. The lowest BCUT2D eigenvalue weighted by atomic mass is 10.1. The summed E-state index contributed by atoms with van der Waals surface area (Å²) in [4.78, 5) is 0. The van der Waals surface area contributed by atoms with Crippen LogP contribution in [0.25, 0.3) is 22.3 Å². The van der Waals surface area contributed by atoms with Crippen LogP contribution in [0.15, 0.2) is 23.4 Å². The lowest BCUT2D eigenvalue weighted by Crippen LogP contribution is -2.34. The molecular weight excluding hydrogens is 304 g/mol. The van der Waals surface area contributed by atoms with E-state index in [-0.39, 0.29) is 0 Å². The third kappa shape index (κ3) is 1.97. The highest BCUT2D eigenvalue weighted by atomic mass is 16.5. The zero-order valence-corrected chi connectivity index (χ0v) is 13.7. The molecule has 1 N–H and O–H groups in total. The normalized spacial score (nSPS) is 18.3. The molecule has 7 nitrogen and oxygen atoms in total. The second-order valence-corrected chi connectivity index (χ2v) is 6.46. The molecule has 1 aromatic rings. The number of H-pyrrole nitrogens is 1. The summed E-state index contributed by atoms with van der Waals surface area (Å²) in [7, 11) is 0. The van der Waals surface area contributed by atoms with E-state index in [2.05, 4.69) is 38.0 Å². The third-order valence-corrected chi connectivity index (χ3v) is 5.12. The fraction of sp³-hybridized carbons (Fsp3) is 0.471. The van der Waals surface area contributed by atoms with Crippen LogP contribution in [0, 0.1) is 0 Å². The first-order valence-electron chi connectivity index (χ1n) is 8.60. The molecule has 3 aliphatic heterocycles. The summed E-state index contributed by atoms with van der Waals surface area (Å²) in [6.07, 6.45) is 3.90. The number of nitrogens with one attached hydrogen (secondary N) is 1. The molecule has 0 atom stereocenters. The van der Waals surface area contributed by atoms with Gasteiger partial charge >= 0.3 is 0 Å². The molecule has 0 unspecified atom stereocenters. The third-order valence-electron chi connectivity index (χ3n) is 5.12. The van der Waals surface area contributed by atoms with Crippen molar-refractivity contribution in [1.29, 1.82) is 0 Å². The minimum absolute atomic E-state index is 0.471. The van der Waals surface area contributed by atoms with Crippen LogP contribution in [-0.4, -0.2) is 44.2 Å². The van der Waals surface area contributed by atoms with Crippen molar-refractivity contribution in [2.75, 3.05) is 13.2 Å². The molecule has 124 valence electrons. The molecule has 1 saturated heterocycles. The number of aromatic nitrogens is 4. The van der Waals surface area contributed by atoms with Crippen molar-refractivity contribution in [3.8, 4) is 11.3 Å². The molecule has 0 aromatic carbocycles. The summed E-state index contributed by atoms with van der Waals surface area (Å²) in [5.74, 6) is 0. The molecule has 7 heteroatoms. The van der Waals surface area contributed by atoms with Crippen molar-refractivity contribution < 1.29 is 4.74 Å². The molecule has 1 fully saturated rings. The van der Waals surface area contributed by atoms with Gasteiger partial charge in [-0.1, -0.05) is 0 Å². The highest BCUT2D eigenvalue weighted by molar-refractivity contribution is 5.92. The van der Waals surface area contributed by atoms with E-state index < -0.39 is 0 Å². The minimum Gasteiger partial charge on any atom is -0.381 e. The molecule has 0 radical (unpaired) electrons. The molecule has 4 heterocycles. The number of ether oxygens (including phenoxy) is 1. The van der Waals surface area contributed by atoms with Gasteiger partial charge in [-0.15, -0.1) is 0 Å². The Morgan fingerprint density at radius 1 is 1.29 bits per heavy atom. The van der Waals surface area contributed by atoms with Crippen molar-refractivity contribution >= 4 is 11.0 Å². The van der Waals surface area contributed by atoms with Gasteiger partial charge in [-0.3, -0.25) is 14.8 Å². The summed E-state index contributed by atoms with van der Waals surface area (Å²) < 4.78 is 7.68. The maximum atomic E-state index is 5.49. The monoisotopic (exact) mass is 324 g/mol.